The molecule has 9 nitrogen and oxygen atoms in total. The second-order valence-corrected chi connectivity index (χ2v) is 15.2. The number of aliphatic hydroxyl groups is 2. The fourth-order valence-electron chi connectivity index (χ4n) is 6.78. The number of esters is 1. The molecule has 0 aromatic carbocycles. The maximum absolute atomic E-state index is 13.3. The smallest absolute Gasteiger partial charge is 0.306 e. The number of amides is 1. The van der Waals surface area contributed by atoms with Gasteiger partial charge in [0.15, 0.2) is 6.10 Å². The number of alkyl halides is 1. The van der Waals surface area contributed by atoms with Crippen LogP contribution in [0.2, 0.25) is 0 Å². The molecule has 0 spiro atoms. The molecule has 2 heterocycles. The highest BCUT2D eigenvalue weighted by molar-refractivity contribution is 7.99. The number of nitrogens with one attached hydrogen (secondary N) is 2. The van der Waals surface area contributed by atoms with Gasteiger partial charge in [0.25, 0.3) is 0 Å². The van der Waals surface area contributed by atoms with Crippen LogP contribution in [0.4, 0.5) is 0 Å². The van der Waals surface area contributed by atoms with Gasteiger partial charge in [-0.2, -0.15) is 0 Å². The summed E-state index contributed by atoms with van der Waals surface area (Å²) in [6, 6.07) is -1.18. The van der Waals surface area contributed by atoms with Crippen molar-refractivity contribution in [2.75, 3.05) is 19.3 Å². The average Bonchev–Trinajstić information content (AvgIpc) is 3.30. The van der Waals surface area contributed by atoms with Crippen molar-refractivity contribution in [2.45, 2.75) is 183 Å². The molecule has 0 unspecified atom stereocenters. The van der Waals surface area contributed by atoms with E-state index >= 15 is 0 Å². The molecular formula is C36H64ClN3O6S. The monoisotopic (exact) mass is 701 g/mol. The number of carbonyl (C=O) groups excluding carboxylic acids is 2. The van der Waals surface area contributed by atoms with E-state index in [1.165, 1.54) is 76.0 Å². The highest BCUT2D eigenvalue weighted by Crippen LogP contribution is 2.33. The highest BCUT2D eigenvalue weighted by atomic mass is 35.5. The number of rotatable bonds is 23. The zero-order chi connectivity index (χ0) is 34.4. The van der Waals surface area contributed by atoms with E-state index in [4.69, 9.17) is 27.6 Å². The maximum Gasteiger partial charge on any atom is 0.306 e. The molecule has 2 aliphatic heterocycles. The molecule has 0 aromatic rings. The van der Waals surface area contributed by atoms with Crippen LogP contribution in [0.3, 0.4) is 0 Å². The lowest BCUT2D eigenvalue weighted by Crippen LogP contribution is -2.65. The predicted octanol–water partition coefficient (Wildman–Crippen LogP) is 6.76. The minimum atomic E-state index is -1.41. The van der Waals surface area contributed by atoms with Gasteiger partial charge in [0.1, 0.15) is 23.7 Å². The first kappa shape index (κ1) is 42.1. The number of unbranched alkanes of at least 4 members (excludes halogenated alkanes) is 12. The number of nitrogens with zero attached hydrogens (tertiary/aromatic N) is 1. The van der Waals surface area contributed by atoms with Crippen molar-refractivity contribution in [3.05, 3.63) is 11.4 Å². The van der Waals surface area contributed by atoms with E-state index in [1.807, 2.05) is 0 Å². The van der Waals surface area contributed by atoms with Crippen molar-refractivity contribution in [3.63, 3.8) is 0 Å². The summed E-state index contributed by atoms with van der Waals surface area (Å²) in [4.78, 5) is 29.5. The first-order valence-corrected chi connectivity index (χ1v) is 20.2. The van der Waals surface area contributed by atoms with Crippen molar-refractivity contribution >= 4 is 35.2 Å². The number of ether oxygens (including phenoxy) is 2. The molecule has 4 N–H and O–H groups in total. The SMILES string of the molecule is [C-]#[N+]CCC[C@@H]1CCN[C@H](C(=O)N[C@@H]([C@H]2O[C@H](SC)[C@H](OC(=O)CCCCCCCCCCCCCCC)[C@@H](O)[C@H]2O)[C@H](C)Cl)CC1. The van der Waals surface area contributed by atoms with Gasteiger partial charge in [0.05, 0.1) is 17.5 Å². The van der Waals surface area contributed by atoms with Gasteiger partial charge in [-0.1, -0.05) is 84.0 Å². The van der Waals surface area contributed by atoms with Gasteiger partial charge in [-0.25, -0.2) is 6.57 Å². The van der Waals surface area contributed by atoms with Gasteiger partial charge in [0.2, 0.25) is 12.5 Å². The molecule has 2 rings (SSSR count). The van der Waals surface area contributed by atoms with Crippen LogP contribution in [0.15, 0.2) is 0 Å². The Balaban J connectivity index is 1.77. The second kappa shape index (κ2) is 25.0. The third kappa shape index (κ3) is 16.0. The molecule has 47 heavy (non-hydrogen) atoms. The minimum Gasteiger partial charge on any atom is -0.456 e. The summed E-state index contributed by atoms with van der Waals surface area (Å²) in [5, 5.41) is 28.0. The van der Waals surface area contributed by atoms with Gasteiger partial charge < -0.3 is 35.2 Å². The van der Waals surface area contributed by atoms with E-state index < -0.39 is 53.3 Å². The topological polar surface area (TPSA) is 121 Å². The number of hydrogen-bond donors (Lipinski definition) is 4. The fraction of sp³-hybridized carbons (Fsp3) is 0.917. The van der Waals surface area contributed by atoms with Crippen molar-refractivity contribution in [1.29, 1.82) is 0 Å². The summed E-state index contributed by atoms with van der Waals surface area (Å²) in [6.07, 6.45) is 17.5. The number of halogens is 1. The van der Waals surface area contributed by atoms with Crippen molar-refractivity contribution in [1.82, 2.24) is 10.6 Å². The molecule has 272 valence electrons. The van der Waals surface area contributed by atoms with E-state index in [9.17, 15) is 19.8 Å². The van der Waals surface area contributed by atoms with Crippen LogP contribution < -0.4 is 10.6 Å². The molecule has 0 bridgehead atoms. The summed E-state index contributed by atoms with van der Waals surface area (Å²) in [7, 11) is 0. The van der Waals surface area contributed by atoms with Gasteiger partial charge in [-0.3, -0.25) is 9.59 Å². The van der Waals surface area contributed by atoms with Crippen LogP contribution in [0, 0.1) is 12.5 Å². The van der Waals surface area contributed by atoms with Gasteiger partial charge in [-0.15, -0.1) is 23.4 Å². The summed E-state index contributed by atoms with van der Waals surface area (Å²) in [5.74, 6) is -0.149. The predicted molar refractivity (Wildman–Crippen MR) is 191 cm³/mol. The molecule has 1 amide bonds. The van der Waals surface area contributed by atoms with Crippen LogP contribution in [-0.2, 0) is 19.1 Å². The van der Waals surface area contributed by atoms with E-state index in [0.29, 0.717) is 25.4 Å². The Morgan fingerprint density at radius 1 is 0.979 bits per heavy atom. The molecule has 0 aliphatic carbocycles. The summed E-state index contributed by atoms with van der Waals surface area (Å²) in [5.41, 5.74) is -0.726. The first-order chi connectivity index (χ1) is 22.7. The zero-order valence-corrected chi connectivity index (χ0v) is 30.9. The molecular weight excluding hydrogens is 638 g/mol. The second-order valence-electron chi connectivity index (χ2n) is 13.6. The van der Waals surface area contributed by atoms with Crippen molar-refractivity contribution in [2.24, 2.45) is 5.92 Å². The Morgan fingerprint density at radius 3 is 2.17 bits per heavy atom. The van der Waals surface area contributed by atoms with Crippen LogP contribution in [0.5, 0.6) is 0 Å². The summed E-state index contributed by atoms with van der Waals surface area (Å²) < 4.78 is 11.9. The molecule has 2 fully saturated rings. The van der Waals surface area contributed by atoms with Crippen LogP contribution >= 0.6 is 23.4 Å². The van der Waals surface area contributed by atoms with Crippen LogP contribution in [-0.4, -0.2) is 88.7 Å². The number of carbonyl (C=O) groups is 2. The van der Waals surface area contributed by atoms with Crippen molar-refractivity contribution < 1.29 is 29.3 Å². The first-order valence-electron chi connectivity index (χ1n) is 18.5. The zero-order valence-electron chi connectivity index (χ0n) is 29.3. The van der Waals surface area contributed by atoms with Crippen LogP contribution in [0.1, 0.15) is 136 Å². The Bertz CT molecular complexity index is 906. The largest absolute Gasteiger partial charge is 0.456 e. The molecule has 2 aliphatic rings. The normalized spacial score (nSPS) is 27.7. The van der Waals surface area contributed by atoms with E-state index in [2.05, 4.69) is 22.4 Å². The standard InChI is InChI=1S/C36H64ClN3O6S/c1-5-6-7-8-9-10-11-12-13-14-15-16-17-20-29(41)45-34-32(43)31(42)33(46-36(34)47-4)30(26(2)37)40-35(44)28-22-21-27(23-25-39-28)19-18-24-38-3/h26-28,30-34,36,39,42-43H,5-25H2,1-2,4H3,(H,40,44)/t26-,27-,28-,30+,31+,32-,33+,34+,36+/m0/s1. The average molecular weight is 702 g/mol. The quantitative estimate of drug-likeness (QED) is 0.0399. The molecule has 0 aromatic heterocycles. The lowest BCUT2D eigenvalue weighted by molar-refractivity contribution is -0.218. The highest BCUT2D eigenvalue weighted by Gasteiger charge is 2.50. The lowest BCUT2D eigenvalue weighted by Gasteiger charge is -2.45. The molecule has 11 heteroatoms. The van der Waals surface area contributed by atoms with Gasteiger partial charge in [-0.05, 0) is 57.7 Å². The molecule has 0 radical (unpaired) electrons. The van der Waals surface area contributed by atoms with Crippen molar-refractivity contribution in [3.8, 4) is 0 Å². The van der Waals surface area contributed by atoms with Crippen LogP contribution in [0.25, 0.3) is 4.85 Å². The molecule has 9 atom stereocenters. The third-order valence-corrected chi connectivity index (χ3v) is 10.8. The number of hydrogen-bond acceptors (Lipinski definition) is 8. The number of thioether (sulfide) groups is 1. The Hall–Kier alpha value is -1.09. The molecule has 2 saturated heterocycles. The lowest BCUT2D eigenvalue weighted by atomic mass is 9.92. The third-order valence-electron chi connectivity index (χ3n) is 9.73. The Kier molecular flexibility index (Phi) is 22.3. The van der Waals surface area contributed by atoms with E-state index in [0.717, 1.165) is 44.9 Å². The maximum atomic E-state index is 13.3. The van der Waals surface area contributed by atoms with Gasteiger partial charge >= 0.3 is 5.97 Å². The number of aliphatic hydroxyl groups excluding tert-OH is 2. The fourth-order valence-corrected chi connectivity index (χ4v) is 7.71. The van der Waals surface area contributed by atoms with Gasteiger partial charge in [0, 0.05) is 12.8 Å². The summed E-state index contributed by atoms with van der Waals surface area (Å²) >= 11 is 7.82. The Morgan fingerprint density at radius 2 is 1.60 bits per heavy atom. The van der Waals surface area contributed by atoms with E-state index in [-0.39, 0.29) is 12.3 Å². The molecule has 0 saturated carbocycles. The van der Waals surface area contributed by atoms with E-state index in [1.54, 1.807) is 13.2 Å². The Labute approximate surface area is 294 Å². The summed E-state index contributed by atoms with van der Waals surface area (Å²) in [6.45, 7) is 12.2. The minimum absolute atomic E-state index is 0.221.